The van der Waals surface area contributed by atoms with E-state index in [1.165, 1.54) is 10.6 Å². The molecule has 2 rings (SSSR count). The van der Waals surface area contributed by atoms with Gasteiger partial charge in [0, 0.05) is 33.2 Å². The van der Waals surface area contributed by atoms with E-state index in [9.17, 15) is 8.42 Å². The molecule has 6 heteroatoms. The highest BCUT2D eigenvalue weighted by Crippen LogP contribution is 2.36. The van der Waals surface area contributed by atoms with Crippen LogP contribution in [0, 0.1) is 0 Å². The van der Waals surface area contributed by atoms with E-state index in [-0.39, 0.29) is 11.7 Å². The van der Waals surface area contributed by atoms with Gasteiger partial charge < -0.3 is 9.47 Å². The Bertz CT molecular complexity index is 334. The molecule has 2 saturated heterocycles. The second-order valence-electron chi connectivity index (χ2n) is 4.41. The maximum absolute atomic E-state index is 11.2. The van der Waals surface area contributed by atoms with Gasteiger partial charge in [-0.3, -0.25) is 0 Å². The predicted molar refractivity (Wildman–Crippen MR) is 55.1 cm³/mol. The molecule has 0 amide bonds. The van der Waals surface area contributed by atoms with Crippen LogP contribution in [0.1, 0.15) is 12.8 Å². The second-order valence-corrected chi connectivity index (χ2v) is 6.40. The topological polar surface area (TPSA) is 55.8 Å². The number of methoxy groups -OCH3 is 1. The molecule has 0 aromatic carbocycles. The summed E-state index contributed by atoms with van der Waals surface area (Å²) in [7, 11) is -1.36. The van der Waals surface area contributed by atoms with Crippen molar-refractivity contribution in [2.24, 2.45) is 0 Å². The monoisotopic (exact) mass is 235 g/mol. The second kappa shape index (κ2) is 3.69. The zero-order chi connectivity index (χ0) is 11.1. The Hall–Kier alpha value is -0.170. The molecule has 2 fully saturated rings. The highest BCUT2D eigenvalue weighted by molar-refractivity contribution is 7.88. The normalized spacial score (nSPS) is 31.5. The number of rotatable bonds is 2. The van der Waals surface area contributed by atoms with Gasteiger partial charge in [0.15, 0.2) is 0 Å². The first-order valence-electron chi connectivity index (χ1n) is 5.07. The van der Waals surface area contributed by atoms with Crippen LogP contribution in [0.5, 0.6) is 0 Å². The third-order valence-corrected chi connectivity index (χ3v) is 4.38. The Kier molecular flexibility index (Phi) is 2.79. The molecule has 15 heavy (non-hydrogen) atoms. The lowest BCUT2D eigenvalue weighted by molar-refractivity contribution is -0.173. The summed E-state index contributed by atoms with van der Waals surface area (Å²) in [5.41, 5.74) is -0.276. The summed E-state index contributed by atoms with van der Waals surface area (Å²) in [5, 5.41) is 0. The van der Waals surface area contributed by atoms with E-state index in [1.807, 2.05) is 0 Å². The number of nitrogens with zero attached hydrogens (tertiary/aromatic N) is 1. The summed E-state index contributed by atoms with van der Waals surface area (Å²) in [6.45, 7) is 1.62. The van der Waals surface area contributed by atoms with Crippen molar-refractivity contribution in [3.8, 4) is 0 Å². The van der Waals surface area contributed by atoms with Crippen LogP contribution in [-0.2, 0) is 19.5 Å². The van der Waals surface area contributed by atoms with E-state index in [0.29, 0.717) is 19.7 Å². The van der Waals surface area contributed by atoms with Gasteiger partial charge in [-0.1, -0.05) is 0 Å². The maximum atomic E-state index is 11.2. The molecule has 1 atom stereocenters. The van der Waals surface area contributed by atoms with Crippen molar-refractivity contribution in [3.63, 3.8) is 0 Å². The average Bonchev–Trinajstić information content (AvgIpc) is 2.12. The lowest BCUT2D eigenvalue weighted by atomic mass is 9.86. The fourth-order valence-electron chi connectivity index (χ4n) is 2.24. The molecule has 5 nitrogen and oxygen atoms in total. The van der Waals surface area contributed by atoms with Crippen LogP contribution in [0.2, 0.25) is 0 Å². The molecule has 0 bridgehead atoms. The Balaban J connectivity index is 1.96. The minimum Gasteiger partial charge on any atom is -0.381 e. The molecule has 0 aliphatic carbocycles. The lowest BCUT2D eigenvalue weighted by Gasteiger charge is -2.51. The fraction of sp³-hybridized carbons (Fsp3) is 1.00. The molecule has 0 radical (unpaired) electrons. The van der Waals surface area contributed by atoms with E-state index >= 15 is 0 Å². The molecule has 2 heterocycles. The minimum absolute atomic E-state index is 0.209. The van der Waals surface area contributed by atoms with Crippen LogP contribution < -0.4 is 0 Å². The van der Waals surface area contributed by atoms with E-state index in [2.05, 4.69) is 0 Å². The Morgan fingerprint density at radius 1 is 1.47 bits per heavy atom. The molecule has 0 N–H and O–H groups in total. The molecule has 1 spiro atoms. The van der Waals surface area contributed by atoms with Crippen molar-refractivity contribution < 1.29 is 17.9 Å². The molecule has 0 aromatic rings. The molecule has 0 unspecified atom stereocenters. The number of ether oxygens (including phenoxy) is 2. The van der Waals surface area contributed by atoms with Gasteiger partial charge in [0.1, 0.15) is 0 Å². The Morgan fingerprint density at radius 2 is 2.13 bits per heavy atom. The number of hydrogen-bond acceptors (Lipinski definition) is 4. The van der Waals surface area contributed by atoms with Crippen molar-refractivity contribution in [2.75, 3.05) is 33.1 Å². The highest BCUT2D eigenvalue weighted by atomic mass is 32.2. The van der Waals surface area contributed by atoms with Gasteiger partial charge >= 0.3 is 0 Å². The van der Waals surface area contributed by atoms with Crippen LogP contribution >= 0.6 is 0 Å². The first-order valence-corrected chi connectivity index (χ1v) is 6.92. The summed E-state index contributed by atoms with van der Waals surface area (Å²) in [6.07, 6.45) is 3.14. The average molecular weight is 235 g/mol. The molecule has 2 aliphatic heterocycles. The van der Waals surface area contributed by atoms with Gasteiger partial charge in [-0.25, -0.2) is 8.42 Å². The van der Waals surface area contributed by atoms with Crippen LogP contribution in [0.25, 0.3) is 0 Å². The molecule has 2 aliphatic rings. The first-order chi connectivity index (χ1) is 6.95. The maximum Gasteiger partial charge on any atom is 0.211 e. The quantitative estimate of drug-likeness (QED) is 0.666. The summed E-state index contributed by atoms with van der Waals surface area (Å²) in [5.74, 6) is 0. The largest absolute Gasteiger partial charge is 0.381 e. The zero-order valence-corrected chi connectivity index (χ0v) is 9.92. The van der Waals surface area contributed by atoms with Crippen LogP contribution in [0.3, 0.4) is 0 Å². The first kappa shape index (κ1) is 11.3. The number of sulfonamides is 1. The van der Waals surface area contributed by atoms with Crippen molar-refractivity contribution in [1.29, 1.82) is 0 Å². The standard InChI is InChI=1S/C9H17NO4S/c1-13-8-3-4-14-9(5-8)6-10(7-9)15(2,11)12/h8H,3-7H2,1-2H3/t8-/m1/s1. The van der Waals surface area contributed by atoms with Crippen molar-refractivity contribution in [3.05, 3.63) is 0 Å². The van der Waals surface area contributed by atoms with Crippen LogP contribution in [0.15, 0.2) is 0 Å². The predicted octanol–water partition coefficient (Wildman–Crippen LogP) is -0.174. The third-order valence-electron chi connectivity index (χ3n) is 3.18. The van der Waals surface area contributed by atoms with Crippen molar-refractivity contribution in [2.45, 2.75) is 24.5 Å². The zero-order valence-electron chi connectivity index (χ0n) is 9.10. The molecule has 0 saturated carbocycles. The van der Waals surface area contributed by atoms with Crippen LogP contribution in [-0.4, -0.2) is 57.5 Å². The third kappa shape index (κ3) is 2.18. The molecular weight excluding hydrogens is 218 g/mol. The summed E-state index contributed by atoms with van der Waals surface area (Å²) >= 11 is 0. The van der Waals surface area contributed by atoms with Crippen LogP contribution in [0.4, 0.5) is 0 Å². The molecular formula is C9H17NO4S. The molecule has 0 aromatic heterocycles. The molecule has 88 valence electrons. The van der Waals surface area contributed by atoms with E-state index in [0.717, 1.165) is 12.8 Å². The lowest BCUT2D eigenvalue weighted by Crippen LogP contribution is -2.66. The van der Waals surface area contributed by atoms with Gasteiger partial charge in [-0.15, -0.1) is 0 Å². The summed E-state index contributed by atoms with van der Waals surface area (Å²) in [6, 6.07) is 0. The van der Waals surface area contributed by atoms with Crippen molar-refractivity contribution in [1.82, 2.24) is 4.31 Å². The van der Waals surface area contributed by atoms with Crippen molar-refractivity contribution >= 4 is 10.0 Å². The van der Waals surface area contributed by atoms with E-state index in [1.54, 1.807) is 7.11 Å². The fourth-order valence-corrected chi connectivity index (χ4v) is 3.17. The van der Waals surface area contributed by atoms with Gasteiger partial charge in [0.2, 0.25) is 10.0 Å². The SMILES string of the molecule is CO[C@@H]1CCOC2(C1)CN(S(C)(=O)=O)C2. The summed E-state index contributed by atoms with van der Waals surface area (Å²) in [4.78, 5) is 0. The smallest absolute Gasteiger partial charge is 0.211 e. The van der Waals surface area contributed by atoms with E-state index < -0.39 is 10.0 Å². The Labute approximate surface area is 90.4 Å². The van der Waals surface area contributed by atoms with Gasteiger partial charge in [0.25, 0.3) is 0 Å². The van der Waals surface area contributed by atoms with Gasteiger partial charge in [-0.2, -0.15) is 4.31 Å². The van der Waals surface area contributed by atoms with Gasteiger partial charge in [0.05, 0.1) is 18.0 Å². The minimum atomic E-state index is -3.05. The summed E-state index contributed by atoms with van der Waals surface area (Å²) < 4.78 is 34.9. The van der Waals surface area contributed by atoms with E-state index in [4.69, 9.17) is 9.47 Å². The van der Waals surface area contributed by atoms with Gasteiger partial charge in [-0.05, 0) is 6.42 Å². The number of hydrogen-bond donors (Lipinski definition) is 0. The Morgan fingerprint density at radius 3 is 2.67 bits per heavy atom. The highest BCUT2D eigenvalue weighted by Gasteiger charge is 2.50.